The molecule has 0 atom stereocenters. The lowest BCUT2D eigenvalue weighted by atomic mass is 10.1. The number of hydrogen-bond acceptors (Lipinski definition) is 25. The van der Waals surface area contributed by atoms with E-state index in [0.717, 1.165) is 107 Å². The predicted molar refractivity (Wildman–Crippen MR) is 489 cm³/mol. The molecule has 13 aromatic rings. The van der Waals surface area contributed by atoms with Crippen molar-refractivity contribution in [3.63, 3.8) is 0 Å². The Bertz CT molecular complexity index is 6420. The highest BCUT2D eigenvalue weighted by Crippen LogP contribution is 2.54. The number of thiophene rings is 3. The first-order chi connectivity index (χ1) is 61.3. The molecule has 9 amide bonds. The number of likely N-dealkylation sites (N-methyl/N-ethyl adjacent to an activating group) is 1. The minimum absolute atomic E-state index is 0.0134. The second-order valence-electron chi connectivity index (χ2n) is 30.0. The van der Waals surface area contributed by atoms with E-state index in [0.29, 0.717) is 133 Å². The number of likely N-dealkylation sites (tertiary alicyclic amines) is 1. The number of piperidine rings is 1. The molecule has 0 unspecified atom stereocenters. The summed E-state index contributed by atoms with van der Waals surface area (Å²) < 4.78 is 48.4. The van der Waals surface area contributed by atoms with Gasteiger partial charge in [0, 0.05) is 92.6 Å². The molecule has 39 heteroatoms. The van der Waals surface area contributed by atoms with Crippen LogP contribution < -0.4 is 70.3 Å². The Kier molecular flexibility index (Phi) is 25.1. The molecular weight excluding hydrogens is 1800 g/mol. The van der Waals surface area contributed by atoms with Gasteiger partial charge in [-0.25, -0.2) is 63.4 Å². The number of morpholine rings is 1. The summed E-state index contributed by atoms with van der Waals surface area (Å²) in [7, 11) is 3.70. The highest BCUT2D eigenvalue weighted by molar-refractivity contribution is 9.10. The fraction of sp³-hybridized carbons (Fsp3) is 0.241. The second kappa shape index (κ2) is 37.3. The number of nitrogens with zero attached hydrogens (tertiary/aromatic N) is 13. The summed E-state index contributed by atoms with van der Waals surface area (Å²) in [4.78, 5) is 123. The van der Waals surface area contributed by atoms with E-state index in [1.54, 1.807) is 49.6 Å². The summed E-state index contributed by atoms with van der Waals surface area (Å²) in [6, 6.07) is 38.9. The van der Waals surface area contributed by atoms with Crippen molar-refractivity contribution in [2.24, 2.45) is 0 Å². The van der Waals surface area contributed by atoms with E-state index in [1.807, 2.05) is 72.8 Å². The van der Waals surface area contributed by atoms with Gasteiger partial charge in [-0.05, 0) is 135 Å². The maximum atomic E-state index is 13.7. The summed E-state index contributed by atoms with van der Waals surface area (Å²) in [5, 5.41) is 19.7. The molecule has 20 rings (SSSR count). The van der Waals surface area contributed by atoms with E-state index in [-0.39, 0.29) is 74.1 Å². The van der Waals surface area contributed by atoms with Crippen molar-refractivity contribution >= 4 is 220 Å². The molecule has 6 N–H and O–H groups in total. The minimum atomic E-state index is -0.585. The zero-order valence-corrected chi connectivity index (χ0v) is 73.6. The van der Waals surface area contributed by atoms with Gasteiger partial charge in [0.2, 0.25) is 6.79 Å². The van der Waals surface area contributed by atoms with Gasteiger partial charge < -0.3 is 65.2 Å². The highest BCUT2D eigenvalue weighted by atomic mass is 79.9. The number of methoxy groups -OCH3 is 1. The monoisotopic (exact) mass is 1880 g/mol. The largest absolute Gasteiger partial charge is 0.493 e. The first kappa shape index (κ1) is 84.8. The Hall–Kier alpha value is -12.0. The fourth-order valence-corrected chi connectivity index (χ4v) is 19.6. The summed E-state index contributed by atoms with van der Waals surface area (Å²) in [5.41, 5.74) is 7.01. The number of urea groups is 3. The molecule has 3 saturated heterocycles. The molecule has 7 aromatic carbocycles. The fourth-order valence-electron chi connectivity index (χ4n) is 15.5. The average Bonchev–Trinajstić information content (AvgIpc) is 1.55. The van der Waals surface area contributed by atoms with Crippen molar-refractivity contribution in [2.45, 2.75) is 39.0 Å². The first-order valence-corrected chi connectivity index (χ1v) is 44.4. The molecule has 0 radical (unpaired) electrons. The summed E-state index contributed by atoms with van der Waals surface area (Å²) in [6.45, 7) is 12.8. The molecule has 0 aliphatic carbocycles. The van der Waals surface area contributed by atoms with Crippen LogP contribution >= 0.6 is 84.7 Å². The molecule has 0 saturated carbocycles. The van der Waals surface area contributed by atoms with Gasteiger partial charge in [0.1, 0.15) is 78.6 Å². The molecular formula is C87H76BrCl3FN19O12S3. The number of aromatic nitrogens is 6. The lowest BCUT2D eigenvalue weighted by Gasteiger charge is -2.32. The van der Waals surface area contributed by atoms with Crippen molar-refractivity contribution in [2.75, 3.05) is 146 Å². The van der Waals surface area contributed by atoms with Crippen LogP contribution in [0.1, 0.15) is 65.0 Å². The Balaban J connectivity index is 0.000000129. The normalized spacial score (nSPS) is 15.5. The van der Waals surface area contributed by atoms with Crippen LogP contribution in [0, 0.1) is 5.82 Å². The van der Waals surface area contributed by atoms with E-state index >= 15 is 0 Å². The van der Waals surface area contributed by atoms with Crippen LogP contribution in [0.15, 0.2) is 163 Å². The number of hydrogen-bond donors (Lipinski definition) is 6. The number of amides is 9. The minimum Gasteiger partial charge on any atom is -0.493 e. The molecule has 0 spiro atoms. The smallest absolute Gasteiger partial charge is 0.332 e. The maximum absolute atomic E-state index is 13.7. The number of carbonyl (C=O) groups is 6. The number of rotatable bonds is 21. The van der Waals surface area contributed by atoms with Crippen LogP contribution in [0.3, 0.4) is 0 Å². The third-order valence-corrected chi connectivity index (χ3v) is 26.4. The number of benzene rings is 7. The number of carbonyl (C=O) groups excluding carboxylic acids is 6. The third-order valence-electron chi connectivity index (χ3n) is 21.7. The molecule has 7 aliphatic heterocycles. The van der Waals surface area contributed by atoms with Crippen LogP contribution in [-0.4, -0.2) is 185 Å². The number of anilines is 12. The Labute approximate surface area is 754 Å². The summed E-state index contributed by atoms with van der Waals surface area (Å²) in [6.07, 6.45) is 7.85. The Morgan fingerprint density at radius 3 is 1.65 bits per heavy atom. The van der Waals surface area contributed by atoms with Gasteiger partial charge in [-0.2, -0.15) is 0 Å². The molecule has 644 valence electrons. The van der Waals surface area contributed by atoms with Gasteiger partial charge in [-0.3, -0.25) is 29.1 Å². The van der Waals surface area contributed by atoms with Crippen molar-refractivity contribution in [3.8, 4) is 28.7 Å². The van der Waals surface area contributed by atoms with Crippen molar-refractivity contribution in [3.05, 3.63) is 215 Å². The molecule has 0 bridgehead atoms. The lowest BCUT2D eigenvalue weighted by molar-refractivity contribution is 0.0342. The zero-order chi connectivity index (χ0) is 86.8. The van der Waals surface area contributed by atoms with E-state index in [2.05, 4.69) is 104 Å². The van der Waals surface area contributed by atoms with Crippen molar-refractivity contribution < 1.29 is 61.6 Å². The van der Waals surface area contributed by atoms with Gasteiger partial charge in [-0.1, -0.05) is 99.6 Å². The number of piperazine rings is 1. The van der Waals surface area contributed by atoms with Crippen molar-refractivity contribution in [1.29, 1.82) is 0 Å². The molecule has 3 fully saturated rings. The number of ether oxygens (including phenoxy) is 6. The maximum Gasteiger partial charge on any atom is 0.332 e. The molecule has 7 aliphatic rings. The Morgan fingerprint density at radius 1 is 0.516 bits per heavy atom. The molecule has 6 aromatic heterocycles. The number of fused-ring (bicyclic) bond motifs is 1. The van der Waals surface area contributed by atoms with E-state index in [4.69, 9.17) is 63.2 Å². The van der Waals surface area contributed by atoms with Gasteiger partial charge in [0.25, 0.3) is 17.7 Å². The van der Waals surface area contributed by atoms with Gasteiger partial charge in [-0.15, -0.1) is 34.0 Å². The SMILES string of the molecule is CN1CCN(Cc2ccc(NC(=O)c3sc4ncnc5c4c3NC(=O)N5c3cc(OCc4cccc(F)c4)c(Cl)cc3Cl)cc2)CC1.COc1cc(NC(=O)c2sc3ncnc4c3c2NC(=O)N4c2cccc(Br)c2)ccc1OCCN1CCCCC1.O=C(Nc1ccc(CN2CCOCC2)cc1)c1sc2ncnc3c2c1NC(=O)N3c1c(Cl)ccc2c1OCO2. The molecule has 31 nitrogen and oxygen atoms in total. The van der Waals surface area contributed by atoms with Crippen molar-refractivity contribution in [1.82, 2.24) is 49.5 Å². The van der Waals surface area contributed by atoms with Gasteiger partial charge in [0.05, 0.1) is 80.0 Å². The average molecular weight is 1880 g/mol. The van der Waals surface area contributed by atoms with Gasteiger partial charge >= 0.3 is 18.1 Å². The summed E-state index contributed by atoms with van der Waals surface area (Å²) >= 11 is 26.5. The number of nitrogens with one attached hydrogen (secondary N) is 6. The zero-order valence-electron chi connectivity index (χ0n) is 67.3. The van der Waals surface area contributed by atoms with Crippen LogP contribution in [0.2, 0.25) is 15.1 Å². The standard InChI is InChI=1S/C33H28Cl2FN7O3S.C28H27BrN6O4S.C26H21ClN6O5S/c1-41-9-11-42(12-10-41)16-19-5-7-22(8-6-19)39-31(44)29-28-27-30(37-18-38-32(27)47-29)43(33(45)40-28)25-15-26(24(35)14-23(25)34)46-17-20-3-2-4-21(36)13-20;1-38-21-15-18(8-9-20(21)39-13-12-34-10-3-2-4-11-34)32-26(36)24-23-22-25(30-16-31-27(22)40-24)35(28(37)33-23)19-7-5-6-17(29)14-19;27-16-5-6-17-21(38-13-37-17)20(16)33-23-18-19(31-26(33)35)22(39-25(18)29-12-28-23)24(34)30-15-3-1-14(2-4-15)11-32-7-9-36-10-8-32/h2-8,13-15,18H,9-12,16-17H2,1H3,(H,39,44)(H,40,45);5-9,14-16H,2-4,10-13H2,1H3,(H,32,36)(H,33,37);1-6,12H,7-11,13H2,(H,30,34)(H,31,35). The van der Waals surface area contributed by atoms with Crippen LogP contribution in [-0.2, 0) is 24.4 Å². The Morgan fingerprint density at radius 2 is 1.06 bits per heavy atom. The first-order valence-electron chi connectivity index (χ1n) is 40.0. The summed E-state index contributed by atoms with van der Waals surface area (Å²) in [5.74, 6) is 1.67. The lowest BCUT2D eigenvalue weighted by Crippen LogP contribution is -2.43. The highest BCUT2D eigenvalue weighted by Gasteiger charge is 2.41. The molecule has 126 heavy (non-hydrogen) atoms. The third kappa shape index (κ3) is 18.0. The topological polar surface area (TPSA) is 330 Å². The van der Waals surface area contributed by atoms with Crippen LogP contribution in [0.4, 0.5) is 87.4 Å². The number of halogens is 5. The van der Waals surface area contributed by atoms with E-state index in [1.165, 1.54) is 105 Å². The van der Waals surface area contributed by atoms with Gasteiger partial charge in [0.15, 0.2) is 40.5 Å². The van der Waals surface area contributed by atoms with E-state index in [9.17, 15) is 33.2 Å². The quantitative estimate of drug-likeness (QED) is 0.0389. The second-order valence-corrected chi connectivity index (χ2v) is 35.1. The van der Waals surface area contributed by atoms with Crippen LogP contribution in [0.5, 0.6) is 28.7 Å². The van der Waals surface area contributed by atoms with E-state index < -0.39 is 18.1 Å². The predicted octanol–water partition coefficient (Wildman–Crippen LogP) is 18.5. The van der Waals surface area contributed by atoms with Crippen LogP contribution in [0.25, 0.3) is 30.6 Å². The molecule has 13 heterocycles.